The fourth-order valence-electron chi connectivity index (χ4n) is 1.84. The normalized spacial score (nSPS) is 10.0. The van der Waals surface area contributed by atoms with Gasteiger partial charge < -0.3 is 19.8 Å². The largest absolute Gasteiger partial charge is 0.497 e. The fraction of sp³-hybridized carbons (Fsp3) is 0.250. The highest BCUT2D eigenvalue weighted by molar-refractivity contribution is 5.92. The van der Waals surface area contributed by atoms with Crippen molar-refractivity contribution in [2.24, 2.45) is 0 Å². The van der Waals surface area contributed by atoms with Crippen molar-refractivity contribution in [1.82, 2.24) is 5.32 Å². The van der Waals surface area contributed by atoms with Crippen molar-refractivity contribution >= 4 is 17.5 Å². The standard InChI is InChI=1S/C16H18N2O4/c1-21-13-8-6-12(7-9-13)18-15(19)5-2-10-17-16(20)14-4-3-11-22-14/h3-4,6-9,11H,2,5,10H2,1H3,(H,17,20)(H,18,19). The lowest BCUT2D eigenvalue weighted by molar-refractivity contribution is -0.116. The van der Waals surface area contributed by atoms with Gasteiger partial charge in [-0.05, 0) is 42.8 Å². The Kier molecular flexibility index (Phi) is 5.59. The Morgan fingerprint density at radius 3 is 2.59 bits per heavy atom. The van der Waals surface area contributed by atoms with Crippen molar-refractivity contribution in [2.45, 2.75) is 12.8 Å². The Morgan fingerprint density at radius 1 is 1.18 bits per heavy atom. The van der Waals surface area contributed by atoms with Crippen LogP contribution in [0.2, 0.25) is 0 Å². The van der Waals surface area contributed by atoms with E-state index >= 15 is 0 Å². The van der Waals surface area contributed by atoms with Crippen molar-refractivity contribution < 1.29 is 18.7 Å². The van der Waals surface area contributed by atoms with Gasteiger partial charge in [0.1, 0.15) is 5.75 Å². The predicted octanol–water partition coefficient (Wildman–Crippen LogP) is 2.44. The lowest BCUT2D eigenvalue weighted by Gasteiger charge is -2.06. The van der Waals surface area contributed by atoms with E-state index in [0.29, 0.717) is 25.1 Å². The molecule has 6 heteroatoms. The summed E-state index contributed by atoms with van der Waals surface area (Å²) in [4.78, 5) is 23.4. The number of amides is 2. The molecule has 0 aliphatic carbocycles. The number of benzene rings is 1. The van der Waals surface area contributed by atoms with E-state index in [2.05, 4.69) is 10.6 Å². The van der Waals surface area contributed by atoms with Crippen LogP contribution in [-0.4, -0.2) is 25.5 Å². The first kappa shape index (κ1) is 15.6. The van der Waals surface area contributed by atoms with E-state index in [0.717, 1.165) is 5.75 Å². The Balaban J connectivity index is 1.66. The number of furan rings is 1. The summed E-state index contributed by atoms with van der Waals surface area (Å²) in [6.45, 7) is 0.412. The third-order valence-electron chi connectivity index (χ3n) is 2.98. The van der Waals surface area contributed by atoms with Crippen LogP contribution in [0.15, 0.2) is 47.1 Å². The minimum atomic E-state index is -0.277. The van der Waals surface area contributed by atoms with Gasteiger partial charge in [0.25, 0.3) is 5.91 Å². The second kappa shape index (κ2) is 7.87. The highest BCUT2D eigenvalue weighted by Crippen LogP contribution is 2.15. The van der Waals surface area contributed by atoms with Crippen molar-refractivity contribution in [1.29, 1.82) is 0 Å². The molecule has 2 amide bonds. The summed E-state index contributed by atoms with van der Waals surface area (Å²) in [6.07, 6.45) is 2.32. The van der Waals surface area contributed by atoms with E-state index in [1.165, 1.54) is 6.26 Å². The molecular formula is C16H18N2O4. The molecule has 2 rings (SSSR count). The third kappa shape index (κ3) is 4.66. The average molecular weight is 302 g/mol. The molecule has 0 saturated carbocycles. The summed E-state index contributed by atoms with van der Waals surface area (Å²) in [5.41, 5.74) is 0.713. The first-order valence-corrected chi connectivity index (χ1v) is 6.94. The summed E-state index contributed by atoms with van der Waals surface area (Å²) >= 11 is 0. The highest BCUT2D eigenvalue weighted by atomic mass is 16.5. The smallest absolute Gasteiger partial charge is 0.286 e. The molecule has 22 heavy (non-hydrogen) atoms. The van der Waals surface area contributed by atoms with Gasteiger partial charge in [0, 0.05) is 18.7 Å². The van der Waals surface area contributed by atoms with Crippen LogP contribution in [0, 0.1) is 0 Å². The van der Waals surface area contributed by atoms with E-state index in [9.17, 15) is 9.59 Å². The Labute approximate surface area is 128 Å². The molecule has 1 aromatic carbocycles. The molecule has 1 aromatic heterocycles. The Hall–Kier alpha value is -2.76. The lowest BCUT2D eigenvalue weighted by atomic mass is 10.2. The van der Waals surface area contributed by atoms with E-state index in [-0.39, 0.29) is 17.6 Å². The van der Waals surface area contributed by atoms with Crippen LogP contribution in [0.25, 0.3) is 0 Å². The molecule has 0 radical (unpaired) electrons. The molecule has 1 heterocycles. The van der Waals surface area contributed by atoms with Crippen LogP contribution in [0.3, 0.4) is 0 Å². The molecule has 2 N–H and O–H groups in total. The van der Waals surface area contributed by atoms with E-state index < -0.39 is 0 Å². The molecular weight excluding hydrogens is 284 g/mol. The van der Waals surface area contributed by atoms with Gasteiger partial charge in [-0.15, -0.1) is 0 Å². The average Bonchev–Trinajstić information content (AvgIpc) is 3.06. The molecule has 6 nitrogen and oxygen atoms in total. The van der Waals surface area contributed by atoms with Gasteiger partial charge in [-0.25, -0.2) is 0 Å². The van der Waals surface area contributed by atoms with Gasteiger partial charge in [-0.1, -0.05) is 0 Å². The van der Waals surface area contributed by atoms with Gasteiger partial charge in [-0.3, -0.25) is 9.59 Å². The number of carbonyl (C=O) groups excluding carboxylic acids is 2. The van der Waals surface area contributed by atoms with Crippen LogP contribution < -0.4 is 15.4 Å². The summed E-state index contributed by atoms with van der Waals surface area (Å²) < 4.78 is 10.0. The second-order valence-electron chi connectivity index (χ2n) is 4.61. The number of anilines is 1. The second-order valence-corrected chi connectivity index (χ2v) is 4.61. The minimum absolute atomic E-state index is 0.0996. The summed E-state index contributed by atoms with van der Waals surface area (Å²) in [6, 6.07) is 10.3. The van der Waals surface area contributed by atoms with Gasteiger partial charge in [0.05, 0.1) is 13.4 Å². The molecule has 0 aliphatic rings. The van der Waals surface area contributed by atoms with Crippen molar-refractivity contribution in [3.05, 3.63) is 48.4 Å². The van der Waals surface area contributed by atoms with Crippen molar-refractivity contribution in [3.63, 3.8) is 0 Å². The Bertz CT molecular complexity index is 606. The van der Waals surface area contributed by atoms with Crippen LogP contribution in [0.4, 0.5) is 5.69 Å². The fourth-order valence-corrected chi connectivity index (χ4v) is 1.84. The molecule has 116 valence electrons. The highest BCUT2D eigenvalue weighted by Gasteiger charge is 2.08. The van der Waals surface area contributed by atoms with Gasteiger partial charge in [-0.2, -0.15) is 0 Å². The number of rotatable bonds is 7. The maximum absolute atomic E-state index is 11.8. The monoisotopic (exact) mass is 302 g/mol. The first-order chi connectivity index (χ1) is 10.7. The number of hydrogen-bond donors (Lipinski definition) is 2. The number of nitrogens with one attached hydrogen (secondary N) is 2. The topological polar surface area (TPSA) is 80.6 Å². The molecule has 0 saturated heterocycles. The van der Waals surface area contributed by atoms with Crippen LogP contribution in [0.1, 0.15) is 23.4 Å². The van der Waals surface area contributed by atoms with E-state index in [1.807, 2.05) is 0 Å². The van der Waals surface area contributed by atoms with Crippen LogP contribution in [-0.2, 0) is 4.79 Å². The van der Waals surface area contributed by atoms with Gasteiger partial charge >= 0.3 is 0 Å². The van der Waals surface area contributed by atoms with Crippen LogP contribution >= 0.6 is 0 Å². The van der Waals surface area contributed by atoms with E-state index in [4.69, 9.17) is 9.15 Å². The maximum Gasteiger partial charge on any atom is 0.286 e. The van der Waals surface area contributed by atoms with Crippen LogP contribution in [0.5, 0.6) is 5.75 Å². The lowest BCUT2D eigenvalue weighted by Crippen LogP contribution is -2.25. The predicted molar refractivity (Wildman–Crippen MR) is 81.9 cm³/mol. The summed E-state index contributed by atoms with van der Waals surface area (Å²) in [5, 5.41) is 5.47. The molecule has 0 atom stereocenters. The SMILES string of the molecule is COc1ccc(NC(=O)CCCNC(=O)c2ccco2)cc1. The van der Waals surface area contributed by atoms with Gasteiger partial charge in [0.2, 0.25) is 5.91 Å². The van der Waals surface area contributed by atoms with Crippen molar-refractivity contribution in [2.75, 3.05) is 19.0 Å². The zero-order valence-electron chi connectivity index (χ0n) is 12.3. The number of ether oxygens (including phenoxy) is 1. The zero-order chi connectivity index (χ0) is 15.8. The third-order valence-corrected chi connectivity index (χ3v) is 2.98. The number of carbonyl (C=O) groups is 2. The minimum Gasteiger partial charge on any atom is -0.497 e. The van der Waals surface area contributed by atoms with Crippen molar-refractivity contribution in [3.8, 4) is 5.75 Å². The maximum atomic E-state index is 11.8. The first-order valence-electron chi connectivity index (χ1n) is 6.94. The quantitative estimate of drug-likeness (QED) is 0.770. The Morgan fingerprint density at radius 2 is 1.95 bits per heavy atom. The molecule has 0 unspecified atom stereocenters. The molecule has 0 spiro atoms. The summed E-state index contributed by atoms with van der Waals surface area (Å²) in [5.74, 6) is 0.624. The zero-order valence-corrected chi connectivity index (χ0v) is 12.3. The van der Waals surface area contributed by atoms with E-state index in [1.54, 1.807) is 43.5 Å². The molecule has 0 fully saturated rings. The van der Waals surface area contributed by atoms with Gasteiger partial charge in [0.15, 0.2) is 5.76 Å². The molecule has 2 aromatic rings. The number of hydrogen-bond acceptors (Lipinski definition) is 4. The summed E-state index contributed by atoms with van der Waals surface area (Å²) in [7, 11) is 1.59. The number of methoxy groups -OCH3 is 1. The molecule has 0 bridgehead atoms. The molecule has 0 aliphatic heterocycles.